The normalized spacial score (nSPS) is 20.0. The lowest BCUT2D eigenvalue weighted by atomic mass is 9.46. The number of carbonyl (C=O) groups is 6. The van der Waals surface area contributed by atoms with Crippen LogP contribution in [-0.4, -0.2) is 37.7 Å². The van der Waals surface area contributed by atoms with Crippen molar-refractivity contribution in [2.75, 3.05) is 0 Å². The maximum Gasteiger partial charge on any atom is 0.139 e. The van der Waals surface area contributed by atoms with Gasteiger partial charge in [-0.15, -0.1) is 0 Å². The first-order valence-corrected chi connectivity index (χ1v) is 6.43. The predicted molar refractivity (Wildman–Crippen MR) is 73.1 cm³/mol. The van der Waals surface area contributed by atoms with E-state index in [1.165, 1.54) is 12.1 Å². The summed E-state index contributed by atoms with van der Waals surface area (Å²) in [6.07, 6.45) is 0.520. The van der Waals surface area contributed by atoms with Crippen molar-refractivity contribution >= 4 is 37.7 Å². The largest absolute Gasteiger partial charge is 0.302 e. The first-order chi connectivity index (χ1) is 10.6. The minimum Gasteiger partial charge on any atom is -0.302 e. The second-order valence-corrected chi connectivity index (χ2v) is 5.32. The highest BCUT2D eigenvalue weighted by atomic mass is 16.2. The zero-order valence-corrected chi connectivity index (χ0v) is 11.4. The van der Waals surface area contributed by atoms with Gasteiger partial charge in [-0.1, -0.05) is 24.3 Å². The van der Waals surface area contributed by atoms with Gasteiger partial charge in [-0.25, -0.2) is 0 Å². The van der Waals surface area contributed by atoms with E-state index < -0.39 is 16.2 Å². The highest BCUT2D eigenvalue weighted by molar-refractivity contribution is 6.12. The van der Waals surface area contributed by atoms with Gasteiger partial charge in [0.25, 0.3) is 0 Å². The van der Waals surface area contributed by atoms with Crippen molar-refractivity contribution in [2.45, 2.75) is 11.8 Å². The van der Waals surface area contributed by atoms with Gasteiger partial charge in [-0.3, -0.25) is 0 Å². The number of hydrogen-bond acceptors (Lipinski definition) is 6. The van der Waals surface area contributed by atoms with Gasteiger partial charge < -0.3 is 28.8 Å². The molecule has 1 aliphatic rings. The topological polar surface area (TPSA) is 102 Å². The molecule has 1 aromatic carbocycles. The summed E-state index contributed by atoms with van der Waals surface area (Å²) in [5.74, 6) is 0. The standard InChI is InChI=1S/C16H12O6/c17-6-14(7-18)5-12-3-1-2-4-13(12)15(8-19,9-20)16(14,10-21)11-22/h1-4,6-11H,5H2. The molecule has 6 nitrogen and oxygen atoms in total. The summed E-state index contributed by atoms with van der Waals surface area (Å²) >= 11 is 0. The van der Waals surface area contributed by atoms with Crippen LogP contribution in [0.3, 0.4) is 0 Å². The Morgan fingerprint density at radius 1 is 0.727 bits per heavy atom. The number of benzene rings is 1. The molecule has 0 radical (unpaired) electrons. The lowest BCUT2D eigenvalue weighted by Gasteiger charge is -2.49. The quantitative estimate of drug-likeness (QED) is 0.525. The molecule has 0 heterocycles. The van der Waals surface area contributed by atoms with E-state index in [9.17, 15) is 28.8 Å². The van der Waals surface area contributed by atoms with E-state index in [0.717, 1.165) is 0 Å². The Kier molecular flexibility index (Phi) is 3.70. The predicted octanol–water partition coefficient (Wildman–Crippen LogP) is -0.353. The summed E-state index contributed by atoms with van der Waals surface area (Å²) in [6.45, 7) is 0. The van der Waals surface area contributed by atoms with Crippen LogP contribution in [0.5, 0.6) is 0 Å². The maximum atomic E-state index is 11.7. The van der Waals surface area contributed by atoms with Gasteiger partial charge in [0.1, 0.15) is 54.0 Å². The van der Waals surface area contributed by atoms with Crippen molar-refractivity contribution in [1.29, 1.82) is 0 Å². The summed E-state index contributed by atoms with van der Waals surface area (Å²) in [5, 5.41) is 0. The van der Waals surface area contributed by atoms with E-state index in [1.807, 2.05) is 0 Å². The molecule has 0 aliphatic heterocycles. The summed E-state index contributed by atoms with van der Waals surface area (Å²) in [6, 6.07) is 6.11. The van der Waals surface area contributed by atoms with Crippen molar-refractivity contribution in [1.82, 2.24) is 0 Å². The Morgan fingerprint density at radius 3 is 1.73 bits per heavy atom. The number of hydrogen-bond donors (Lipinski definition) is 0. The molecule has 1 aliphatic carbocycles. The molecule has 0 fully saturated rings. The molecule has 2 rings (SSSR count). The monoisotopic (exact) mass is 300 g/mol. The first-order valence-electron chi connectivity index (χ1n) is 6.43. The molecule has 0 atom stereocenters. The van der Waals surface area contributed by atoms with E-state index in [1.54, 1.807) is 12.1 Å². The van der Waals surface area contributed by atoms with Crippen LogP contribution in [-0.2, 0) is 40.6 Å². The van der Waals surface area contributed by atoms with E-state index in [0.29, 0.717) is 5.56 Å². The molecule has 0 unspecified atom stereocenters. The third kappa shape index (κ3) is 1.49. The number of aldehydes is 6. The van der Waals surface area contributed by atoms with Crippen molar-refractivity contribution in [3.05, 3.63) is 35.4 Å². The molecular weight excluding hydrogens is 288 g/mol. The third-order valence-electron chi connectivity index (χ3n) is 4.56. The van der Waals surface area contributed by atoms with Crippen LogP contribution < -0.4 is 0 Å². The van der Waals surface area contributed by atoms with E-state index in [-0.39, 0.29) is 49.7 Å². The SMILES string of the molecule is O=CC1(C=O)Cc2ccccc2C(C=O)(C=O)C1(C=O)C=O. The highest BCUT2D eigenvalue weighted by Gasteiger charge is 2.68. The van der Waals surface area contributed by atoms with Crippen molar-refractivity contribution in [3.8, 4) is 0 Å². The fourth-order valence-electron chi connectivity index (χ4n) is 3.25. The summed E-state index contributed by atoms with van der Waals surface area (Å²) < 4.78 is 0. The Bertz CT molecular complexity index is 651. The van der Waals surface area contributed by atoms with Crippen molar-refractivity contribution in [2.24, 2.45) is 10.8 Å². The average molecular weight is 300 g/mol. The van der Waals surface area contributed by atoms with Crippen molar-refractivity contribution < 1.29 is 28.8 Å². The number of fused-ring (bicyclic) bond motifs is 1. The molecule has 0 spiro atoms. The van der Waals surface area contributed by atoms with Crippen LogP contribution in [0.2, 0.25) is 0 Å². The van der Waals surface area contributed by atoms with Gasteiger partial charge in [0.2, 0.25) is 0 Å². The molecule has 6 heteroatoms. The van der Waals surface area contributed by atoms with Gasteiger partial charge in [0.05, 0.1) is 0 Å². The minimum absolute atomic E-state index is 0.0571. The fourth-order valence-corrected chi connectivity index (χ4v) is 3.25. The van der Waals surface area contributed by atoms with Crippen LogP contribution >= 0.6 is 0 Å². The molecule has 22 heavy (non-hydrogen) atoms. The van der Waals surface area contributed by atoms with E-state index in [4.69, 9.17) is 0 Å². The number of carbonyl (C=O) groups excluding carboxylic acids is 6. The molecular formula is C16H12O6. The van der Waals surface area contributed by atoms with Crippen LogP contribution in [0.4, 0.5) is 0 Å². The number of rotatable bonds is 6. The molecule has 0 saturated heterocycles. The highest BCUT2D eigenvalue weighted by Crippen LogP contribution is 2.53. The smallest absolute Gasteiger partial charge is 0.139 e. The third-order valence-corrected chi connectivity index (χ3v) is 4.56. The average Bonchev–Trinajstić information content (AvgIpc) is 2.59. The Balaban J connectivity index is 3.04. The maximum absolute atomic E-state index is 11.7. The van der Waals surface area contributed by atoms with E-state index in [2.05, 4.69) is 0 Å². The minimum atomic E-state index is -2.40. The molecule has 0 bridgehead atoms. The molecule has 0 saturated carbocycles. The second kappa shape index (κ2) is 5.22. The van der Waals surface area contributed by atoms with Gasteiger partial charge >= 0.3 is 0 Å². The van der Waals surface area contributed by atoms with Gasteiger partial charge in [-0.05, 0) is 17.5 Å². The fraction of sp³-hybridized carbons (Fsp3) is 0.250. The van der Waals surface area contributed by atoms with Crippen LogP contribution in [0.25, 0.3) is 0 Å². The van der Waals surface area contributed by atoms with Crippen LogP contribution in [0.1, 0.15) is 11.1 Å². The Hall–Kier alpha value is -2.76. The zero-order chi connectivity index (χ0) is 16.4. The Morgan fingerprint density at radius 2 is 1.27 bits per heavy atom. The van der Waals surface area contributed by atoms with Gasteiger partial charge in [-0.2, -0.15) is 0 Å². The zero-order valence-electron chi connectivity index (χ0n) is 11.4. The molecule has 0 amide bonds. The first kappa shape index (κ1) is 15.6. The molecule has 0 aromatic heterocycles. The van der Waals surface area contributed by atoms with Crippen LogP contribution in [0.15, 0.2) is 24.3 Å². The molecule has 112 valence electrons. The second-order valence-electron chi connectivity index (χ2n) is 5.32. The molecule has 0 N–H and O–H groups in total. The van der Waals surface area contributed by atoms with E-state index >= 15 is 0 Å². The summed E-state index contributed by atoms with van der Waals surface area (Å²) in [7, 11) is 0. The lowest BCUT2D eigenvalue weighted by Crippen LogP contribution is -2.65. The summed E-state index contributed by atoms with van der Waals surface area (Å²) in [5.41, 5.74) is -6.18. The Labute approximate surface area is 125 Å². The van der Waals surface area contributed by atoms with Crippen molar-refractivity contribution in [3.63, 3.8) is 0 Å². The molecule has 1 aromatic rings. The summed E-state index contributed by atoms with van der Waals surface area (Å²) in [4.78, 5) is 70.1. The van der Waals surface area contributed by atoms with Gasteiger partial charge in [0.15, 0.2) is 0 Å². The van der Waals surface area contributed by atoms with Gasteiger partial charge in [0, 0.05) is 0 Å². The van der Waals surface area contributed by atoms with Crippen LogP contribution in [0, 0.1) is 10.8 Å². The lowest BCUT2D eigenvalue weighted by molar-refractivity contribution is -0.158.